The Hall–Kier alpha value is -2.43. The van der Waals surface area contributed by atoms with Crippen molar-refractivity contribution in [2.24, 2.45) is 0 Å². The SMILES string of the molecule is Nc1ccc(C(=O)O[n+]2ccccc2)cn1. The molecular formula is C11H10N3O2+. The Balaban J connectivity index is 2.12. The van der Waals surface area contributed by atoms with Gasteiger partial charge in [0.05, 0.1) is 5.56 Å². The molecule has 0 saturated heterocycles. The summed E-state index contributed by atoms with van der Waals surface area (Å²) in [6, 6.07) is 8.46. The number of nitrogens with two attached hydrogens (primary N) is 1. The van der Waals surface area contributed by atoms with E-state index < -0.39 is 5.97 Å². The van der Waals surface area contributed by atoms with E-state index in [4.69, 9.17) is 10.6 Å². The number of hydrogen-bond donors (Lipinski definition) is 1. The highest BCUT2D eigenvalue weighted by atomic mass is 16.7. The van der Waals surface area contributed by atoms with E-state index in [0.717, 1.165) is 0 Å². The lowest BCUT2D eigenvalue weighted by atomic mass is 10.3. The van der Waals surface area contributed by atoms with Crippen LogP contribution in [0.25, 0.3) is 0 Å². The Labute approximate surface area is 92.1 Å². The van der Waals surface area contributed by atoms with E-state index >= 15 is 0 Å². The fraction of sp³-hybridized carbons (Fsp3) is 0. The van der Waals surface area contributed by atoms with E-state index in [-0.39, 0.29) is 0 Å². The summed E-state index contributed by atoms with van der Waals surface area (Å²) >= 11 is 0. The molecule has 5 nitrogen and oxygen atoms in total. The second-order valence-electron chi connectivity index (χ2n) is 3.09. The lowest BCUT2D eigenvalue weighted by molar-refractivity contribution is -0.868. The summed E-state index contributed by atoms with van der Waals surface area (Å²) < 4.78 is 1.32. The van der Waals surface area contributed by atoms with Gasteiger partial charge in [0.15, 0.2) is 0 Å². The fourth-order valence-electron chi connectivity index (χ4n) is 1.12. The zero-order valence-corrected chi connectivity index (χ0v) is 8.41. The van der Waals surface area contributed by atoms with Crippen LogP contribution in [0, 0.1) is 0 Å². The molecule has 0 atom stereocenters. The maximum absolute atomic E-state index is 11.6. The lowest BCUT2D eigenvalue weighted by Crippen LogP contribution is -2.44. The third-order valence-corrected chi connectivity index (χ3v) is 1.90. The Kier molecular flexibility index (Phi) is 2.77. The molecular weight excluding hydrogens is 206 g/mol. The van der Waals surface area contributed by atoms with Crippen molar-refractivity contribution >= 4 is 11.8 Å². The van der Waals surface area contributed by atoms with Crippen molar-refractivity contribution in [3.63, 3.8) is 0 Å². The number of carbonyl (C=O) groups excluding carboxylic acids is 1. The molecule has 5 heteroatoms. The standard InChI is InChI=1S/C11H9N3O2/c12-10-5-4-9(8-13-10)11(15)16-14-6-2-1-3-7-14/h1-8H,(H-,12,13,15)/p+1. The average Bonchev–Trinajstić information content (AvgIpc) is 2.31. The number of hydrogen-bond acceptors (Lipinski definition) is 4. The second-order valence-corrected chi connectivity index (χ2v) is 3.09. The quantitative estimate of drug-likeness (QED) is 0.729. The summed E-state index contributed by atoms with van der Waals surface area (Å²) in [5.41, 5.74) is 5.76. The van der Waals surface area contributed by atoms with Crippen molar-refractivity contribution in [3.8, 4) is 0 Å². The first kappa shape index (κ1) is 10.1. The molecule has 0 aliphatic carbocycles. The zero-order valence-electron chi connectivity index (χ0n) is 8.41. The van der Waals surface area contributed by atoms with Crippen LogP contribution in [0.15, 0.2) is 48.9 Å². The number of rotatable bonds is 2. The first-order valence-corrected chi connectivity index (χ1v) is 4.66. The highest BCUT2D eigenvalue weighted by Crippen LogP contribution is 2.00. The van der Waals surface area contributed by atoms with Crippen molar-refractivity contribution in [3.05, 3.63) is 54.5 Å². The van der Waals surface area contributed by atoms with E-state index in [1.54, 1.807) is 36.7 Å². The van der Waals surface area contributed by atoms with Gasteiger partial charge in [0.2, 0.25) is 12.4 Å². The number of anilines is 1. The molecule has 0 spiro atoms. The average molecular weight is 216 g/mol. The van der Waals surface area contributed by atoms with Crippen LogP contribution in [0.2, 0.25) is 0 Å². The van der Waals surface area contributed by atoms with E-state index in [9.17, 15) is 4.79 Å². The molecule has 0 fully saturated rings. The van der Waals surface area contributed by atoms with Gasteiger partial charge < -0.3 is 5.73 Å². The highest BCUT2D eigenvalue weighted by molar-refractivity contribution is 5.88. The van der Waals surface area contributed by atoms with Gasteiger partial charge in [-0.3, -0.25) is 0 Å². The minimum Gasteiger partial charge on any atom is -0.384 e. The van der Waals surface area contributed by atoms with Crippen molar-refractivity contribution in [2.45, 2.75) is 0 Å². The Bertz CT molecular complexity index is 482. The van der Waals surface area contributed by atoms with Gasteiger partial charge in [0.1, 0.15) is 5.82 Å². The van der Waals surface area contributed by atoms with Gasteiger partial charge in [-0.2, -0.15) is 4.84 Å². The topological polar surface area (TPSA) is 69.1 Å². The van der Waals surface area contributed by atoms with Gasteiger partial charge in [-0.25, -0.2) is 9.78 Å². The van der Waals surface area contributed by atoms with Gasteiger partial charge in [-0.1, -0.05) is 6.07 Å². The fourth-order valence-corrected chi connectivity index (χ4v) is 1.12. The van der Waals surface area contributed by atoms with Crippen LogP contribution < -0.4 is 15.3 Å². The molecule has 0 radical (unpaired) electrons. The maximum Gasteiger partial charge on any atom is 0.412 e. The normalized spacial score (nSPS) is 9.75. The molecule has 0 bridgehead atoms. The van der Waals surface area contributed by atoms with Crippen LogP contribution in [0.4, 0.5) is 5.82 Å². The Morgan fingerprint density at radius 1 is 1.25 bits per heavy atom. The predicted octanol–water partition coefficient (Wildman–Crippen LogP) is 0.220. The highest BCUT2D eigenvalue weighted by Gasteiger charge is 2.13. The number of nitrogen functional groups attached to an aromatic ring is 1. The molecule has 0 saturated carbocycles. The first-order valence-electron chi connectivity index (χ1n) is 4.66. The summed E-state index contributed by atoms with van der Waals surface area (Å²) in [6.45, 7) is 0. The van der Waals surface area contributed by atoms with Crippen LogP contribution in [-0.2, 0) is 0 Å². The zero-order chi connectivity index (χ0) is 11.4. The summed E-state index contributed by atoms with van der Waals surface area (Å²) in [5, 5.41) is 0. The molecule has 2 N–H and O–H groups in total. The van der Waals surface area contributed by atoms with Crippen molar-refractivity contribution < 1.29 is 14.4 Å². The van der Waals surface area contributed by atoms with Gasteiger partial charge in [-0.05, 0) is 12.1 Å². The number of pyridine rings is 2. The Morgan fingerprint density at radius 3 is 2.62 bits per heavy atom. The maximum atomic E-state index is 11.6. The molecule has 0 amide bonds. The van der Waals surface area contributed by atoms with Crippen LogP contribution in [-0.4, -0.2) is 11.0 Å². The van der Waals surface area contributed by atoms with E-state index in [1.165, 1.54) is 10.9 Å². The third-order valence-electron chi connectivity index (χ3n) is 1.90. The van der Waals surface area contributed by atoms with Gasteiger partial charge >= 0.3 is 5.97 Å². The van der Waals surface area contributed by atoms with Gasteiger partial charge in [-0.15, -0.1) is 0 Å². The number of nitrogens with zero attached hydrogens (tertiary/aromatic N) is 2. The van der Waals surface area contributed by atoms with Crippen LogP contribution in [0.3, 0.4) is 0 Å². The summed E-state index contributed by atoms with van der Waals surface area (Å²) in [7, 11) is 0. The van der Waals surface area contributed by atoms with Crippen LogP contribution in [0.1, 0.15) is 10.4 Å². The first-order chi connectivity index (χ1) is 7.75. The Morgan fingerprint density at radius 2 is 2.00 bits per heavy atom. The molecule has 0 unspecified atom stereocenters. The predicted molar refractivity (Wildman–Crippen MR) is 56.2 cm³/mol. The summed E-state index contributed by atoms with van der Waals surface area (Å²) in [6.07, 6.45) is 4.63. The lowest BCUT2D eigenvalue weighted by Gasteiger charge is -1.97. The molecule has 0 aliphatic rings. The molecule has 16 heavy (non-hydrogen) atoms. The monoisotopic (exact) mass is 216 g/mol. The summed E-state index contributed by atoms with van der Waals surface area (Å²) in [4.78, 5) is 20.4. The van der Waals surface area contributed by atoms with Gasteiger partial charge in [0.25, 0.3) is 0 Å². The molecule has 0 aromatic carbocycles. The number of carbonyl (C=O) groups is 1. The van der Waals surface area contributed by atoms with Crippen LogP contribution >= 0.6 is 0 Å². The minimum atomic E-state index is -0.483. The largest absolute Gasteiger partial charge is 0.412 e. The third kappa shape index (κ3) is 2.33. The van der Waals surface area contributed by atoms with Crippen LogP contribution in [0.5, 0.6) is 0 Å². The van der Waals surface area contributed by atoms with E-state index in [0.29, 0.717) is 11.4 Å². The summed E-state index contributed by atoms with van der Waals surface area (Å²) in [5.74, 6) is -0.118. The van der Waals surface area contributed by atoms with E-state index in [2.05, 4.69) is 4.98 Å². The molecule has 80 valence electrons. The molecule has 2 heterocycles. The molecule has 2 rings (SSSR count). The molecule has 2 aromatic heterocycles. The van der Waals surface area contributed by atoms with E-state index in [1.807, 2.05) is 6.07 Å². The molecule has 0 aliphatic heterocycles. The second kappa shape index (κ2) is 4.39. The van der Waals surface area contributed by atoms with Crippen molar-refractivity contribution in [1.29, 1.82) is 0 Å². The minimum absolute atomic E-state index is 0.352. The van der Waals surface area contributed by atoms with Gasteiger partial charge in [0, 0.05) is 23.1 Å². The number of aromatic nitrogens is 2. The molecule has 2 aromatic rings. The van der Waals surface area contributed by atoms with Crippen molar-refractivity contribution in [1.82, 2.24) is 4.98 Å². The smallest absolute Gasteiger partial charge is 0.384 e. The van der Waals surface area contributed by atoms with Crippen molar-refractivity contribution in [2.75, 3.05) is 5.73 Å².